The van der Waals surface area contributed by atoms with Gasteiger partial charge in [0.05, 0.1) is 13.2 Å². The molecule has 2 amide bonds. The topological polar surface area (TPSA) is 58.6 Å². The van der Waals surface area contributed by atoms with Gasteiger partial charge >= 0.3 is 6.09 Å². The average molecular weight is 272 g/mol. The predicted molar refractivity (Wildman–Crippen MR) is 70.7 cm³/mol. The Morgan fingerprint density at radius 1 is 1.50 bits per heavy atom. The maximum atomic E-state index is 12.1. The molecule has 1 saturated carbocycles. The number of ether oxygens (including phenoxy) is 1. The molecule has 1 N–H and O–H groups in total. The van der Waals surface area contributed by atoms with E-state index in [-0.39, 0.29) is 17.4 Å². The molecule has 2 rings (SSSR count). The van der Waals surface area contributed by atoms with Crippen molar-refractivity contribution in [1.82, 2.24) is 10.2 Å². The maximum absolute atomic E-state index is 12.1. The quantitative estimate of drug-likeness (QED) is 0.752. The fraction of sp³-hybridized carbons (Fsp3) is 0.833. The van der Waals surface area contributed by atoms with Crippen LogP contribution in [0.15, 0.2) is 0 Å². The molecule has 2 aliphatic rings. The molecule has 0 spiro atoms. The van der Waals surface area contributed by atoms with Gasteiger partial charge < -0.3 is 15.0 Å². The van der Waals surface area contributed by atoms with Crippen LogP contribution in [-0.4, -0.2) is 48.9 Å². The summed E-state index contributed by atoms with van der Waals surface area (Å²) < 4.78 is 4.55. The molecule has 18 heavy (non-hydrogen) atoms. The standard InChI is InChI=1S/C12H20N2O3S/c1-17-11(16)13-9-2-5-14(7-9)10(15)6-12(8-18)3-4-12/h9,18H,2-8H2,1H3,(H,13,16). The van der Waals surface area contributed by atoms with Crippen molar-refractivity contribution in [2.24, 2.45) is 5.41 Å². The zero-order valence-electron chi connectivity index (χ0n) is 10.6. The summed E-state index contributed by atoms with van der Waals surface area (Å²) in [6, 6.07) is 0.0209. The minimum Gasteiger partial charge on any atom is -0.453 e. The minimum absolute atomic E-state index is 0.0209. The first-order chi connectivity index (χ1) is 8.58. The number of nitrogens with zero attached hydrogens (tertiary/aromatic N) is 1. The number of nitrogens with one attached hydrogen (secondary N) is 1. The monoisotopic (exact) mass is 272 g/mol. The van der Waals surface area contributed by atoms with Crippen LogP contribution in [0.5, 0.6) is 0 Å². The third kappa shape index (κ3) is 3.10. The second kappa shape index (κ2) is 5.38. The largest absolute Gasteiger partial charge is 0.453 e. The summed E-state index contributed by atoms with van der Waals surface area (Å²) >= 11 is 4.31. The molecule has 1 aliphatic carbocycles. The lowest BCUT2D eigenvalue weighted by molar-refractivity contribution is -0.131. The fourth-order valence-electron chi connectivity index (χ4n) is 2.33. The molecule has 6 heteroatoms. The van der Waals surface area contributed by atoms with Crippen molar-refractivity contribution < 1.29 is 14.3 Å². The number of alkyl carbamates (subject to hydrolysis) is 1. The first-order valence-corrected chi connectivity index (χ1v) is 6.95. The van der Waals surface area contributed by atoms with E-state index >= 15 is 0 Å². The van der Waals surface area contributed by atoms with Gasteiger partial charge in [0, 0.05) is 19.5 Å². The van der Waals surface area contributed by atoms with Crippen molar-refractivity contribution in [3.8, 4) is 0 Å². The summed E-state index contributed by atoms with van der Waals surface area (Å²) in [4.78, 5) is 25.0. The lowest BCUT2D eigenvalue weighted by Gasteiger charge is -2.20. The minimum atomic E-state index is -0.427. The van der Waals surface area contributed by atoms with Gasteiger partial charge in [0.15, 0.2) is 0 Å². The zero-order chi connectivity index (χ0) is 13.2. The van der Waals surface area contributed by atoms with E-state index in [9.17, 15) is 9.59 Å². The highest BCUT2D eigenvalue weighted by molar-refractivity contribution is 7.80. The number of thiol groups is 1. The number of rotatable bonds is 4. The Bertz CT molecular complexity index is 344. The summed E-state index contributed by atoms with van der Waals surface area (Å²) in [6.45, 7) is 1.31. The van der Waals surface area contributed by atoms with Gasteiger partial charge in [-0.2, -0.15) is 12.6 Å². The smallest absolute Gasteiger partial charge is 0.407 e. The third-order valence-electron chi connectivity index (χ3n) is 3.87. The molecule has 102 valence electrons. The highest BCUT2D eigenvalue weighted by atomic mass is 32.1. The van der Waals surface area contributed by atoms with E-state index in [1.54, 1.807) is 0 Å². The Labute approximate surface area is 113 Å². The number of hydrogen-bond acceptors (Lipinski definition) is 4. The molecule has 1 atom stereocenters. The van der Waals surface area contributed by atoms with Crippen LogP contribution < -0.4 is 5.32 Å². The number of hydrogen-bond donors (Lipinski definition) is 2. The molecule has 0 aromatic rings. The number of methoxy groups -OCH3 is 1. The second-order valence-corrected chi connectivity index (χ2v) is 5.61. The van der Waals surface area contributed by atoms with Gasteiger partial charge in [-0.05, 0) is 30.4 Å². The van der Waals surface area contributed by atoms with Gasteiger partial charge in [-0.25, -0.2) is 4.79 Å². The van der Waals surface area contributed by atoms with E-state index in [0.717, 1.165) is 31.6 Å². The molecule has 0 bridgehead atoms. The fourth-order valence-corrected chi connectivity index (χ4v) is 2.76. The van der Waals surface area contributed by atoms with Crippen molar-refractivity contribution in [1.29, 1.82) is 0 Å². The van der Waals surface area contributed by atoms with Crippen molar-refractivity contribution in [3.05, 3.63) is 0 Å². The lowest BCUT2D eigenvalue weighted by Crippen LogP contribution is -2.38. The average Bonchev–Trinajstić information content (AvgIpc) is 2.98. The summed E-state index contributed by atoms with van der Waals surface area (Å²) in [5.74, 6) is 0.979. The summed E-state index contributed by atoms with van der Waals surface area (Å²) in [7, 11) is 1.34. The summed E-state index contributed by atoms with van der Waals surface area (Å²) in [5, 5.41) is 2.74. The maximum Gasteiger partial charge on any atom is 0.407 e. The van der Waals surface area contributed by atoms with Crippen LogP contribution in [0.25, 0.3) is 0 Å². The van der Waals surface area contributed by atoms with E-state index in [4.69, 9.17) is 0 Å². The van der Waals surface area contributed by atoms with Gasteiger partial charge in [0.2, 0.25) is 5.91 Å². The van der Waals surface area contributed by atoms with Crippen LogP contribution in [0.1, 0.15) is 25.7 Å². The molecule has 1 saturated heterocycles. The van der Waals surface area contributed by atoms with Crippen molar-refractivity contribution >= 4 is 24.6 Å². The molecule has 1 heterocycles. The van der Waals surface area contributed by atoms with Gasteiger partial charge in [-0.15, -0.1) is 0 Å². The highest BCUT2D eigenvalue weighted by Crippen LogP contribution is 2.49. The van der Waals surface area contributed by atoms with Crippen LogP contribution >= 0.6 is 12.6 Å². The van der Waals surface area contributed by atoms with Crippen LogP contribution in [0.2, 0.25) is 0 Å². The van der Waals surface area contributed by atoms with Crippen LogP contribution in [0.4, 0.5) is 4.79 Å². The molecular weight excluding hydrogens is 252 g/mol. The number of amides is 2. The normalized spacial score (nSPS) is 24.8. The molecular formula is C12H20N2O3S. The lowest BCUT2D eigenvalue weighted by atomic mass is 10.0. The van der Waals surface area contributed by atoms with Gasteiger partial charge in [-0.1, -0.05) is 0 Å². The molecule has 2 fully saturated rings. The number of carbonyl (C=O) groups excluding carboxylic acids is 2. The molecule has 0 radical (unpaired) electrons. The van der Waals surface area contributed by atoms with Crippen molar-refractivity contribution in [2.75, 3.05) is 26.0 Å². The number of likely N-dealkylation sites (tertiary alicyclic amines) is 1. The first-order valence-electron chi connectivity index (χ1n) is 6.32. The Balaban J connectivity index is 1.78. The van der Waals surface area contributed by atoms with Crippen LogP contribution in [-0.2, 0) is 9.53 Å². The zero-order valence-corrected chi connectivity index (χ0v) is 11.5. The van der Waals surface area contributed by atoms with Crippen molar-refractivity contribution in [2.45, 2.75) is 31.7 Å². The summed E-state index contributed by atoms with van der Waals surface area (Å²) in [6.07, 6.45) is 3.19. The predicted octanol–water partition coefficient (Wildman–Crippen LogP) is 1.04. The van der Waals surface area contributed by atoms with Crippen molar-refractivity contribution in [3.63, 3.8) is 0 Å². The first kappa shape index (κ1) is 13.5. The molecule has 1 unspecified atom stereocenters. The van der Waals surface area contributed by atoms with Gasteiger partial charge in [0.25, 0.3) is 0 Å². The van der Waals surface area contributed by atoms with E-state index < -0.39 is 6.09 Å². The van der Waals surface area contributed by atoms with E-state index in [1.807, 2.05) is 4.90 Å². The Morgan fingerprint density at radius 2 is 2.22 bits per heavy atom. The van der Waals surface area contributed by atoms with E-state index in [1.165, 1.54) is 7.11 Å². The van der Waals surface area contributed by atoms with Crippen LogP contribution in [0, 0.1) is 5.41 Å². The molecule has 1 aliphatic heterocycles. The summed E-state index contributed by atoms with van der Waals surface area (Å²) in [5.41, 5.74) is 0.161. The van der Waals surface area contributed by atoms with Gasteiger partial charge in [-0.3, -0.25) is 4.79 Å². The third-order valence-corrected chi connectivity index (χ3v) is 4.54. The van der Waals surface area contributed by atoms with E-state index in [2.05, 4.69) is 22.7 Å². The Morgan fingerprint density at radius 3 is 2.78 bits per heavy atom. The van der Waals surface area contributed by atoms with Crippen LogP contribution in [0.3, 0.4) is 0 Å². The SMILES string of the molecule is COC(=O)NC1CCN(C(=O)CC2(CS)CC2)C1. The van der Waals surface area contributed by atoms with E-state index in [0.29, 0.717) is 13.0 Å². The highest BCUT2D eigenvalue weighted by Gasteiger charge is 2.44. The Kier molecular flexibility index (Phi) is 4.04. The second-order valence-electron chi connectivity index (χ2n) is 5.30. The number of carbonyl (C=O) groups is 2. The Hall–Kier alpha value is -0.910. The van der Waals surface area contributed by atoms with Gasteiger partial charge in [0.1, 0.15) is 0 Å². The molecule has 0 aromatic carbocycles. The molecule has 5 nitrogen and oxygen atoms in total. The molecule has 0 aromatic heterocycles.